The first-order chi connectivity index (χ1) is 7.79. The molecular weight excluding hydrogens is 220 g/mol. The Balaban J connectivity index is 2.03. The van der Waals surface area contributed by atoms with Crippen LogP contribution in [0.5, 0.6) is 0 Å². The van der Waals surface area contributed by atoms with E-state index < -0.39 is 0 Å². The van der Waals surface area contributed by atoms with Gasteiger partial charge in [-0.2, -0.15) is 11.8 Å². The molecule has 0 aliphatic carbocycles. The second-order valence-corrected chi connectivity index (χ2v) is 5.35. The van der Waals surface area contributed by atoms with E-state index in [0.29, 0.717) is 5.91 Å². The van der Waals surface area contributed by atoms with Crippen molar-refractivity contribution in [3.8, 4) is 0 Å². The zero-order valence-electron chi connectivity index (χ0n) is 10.5. The van der Waals surface area contributed by atoms with Crippen molar-refractivity contribution in [2.45, 2.75) is 38.1 Å². The molecular formula is C12H24N2OS. The number of likely N-dealkylation sites (N-methyl/N-ethyl adjacent to an activating group) is 1. The minimum absolute atomic E-state index is 0.0801. The maximum absolute atomic E-state index is 11.8. The first-order valence-corrected chi connectivity index (χ1v) is 7.64. The number of nitrogens with zero attached hydrogens (tertiary/aromatic N) is 1. The zero-order chi connectivity index (χ0) is 11.8. The van der Waals surface area contributed by atoms with Crippen LogP contribution in [0.4, 0.5) is 0 Å². The second kappa shape index (κ2) is 7.96. The molecule has 1 aliphatic heterocycles. The van der Waals surface area contributed by atoms with Crippen molar-refractivity contribution in [1.82, 2.24) is 10.2 Å². The van der Waals surface area contributed by atoms with Crippen molar-refractivity contribution in [2.75, 3.05) is 32.1 Å². The fraction of sp³-hybridized carbons (Fsp3) is 0.917. The summed E-state index contributed by atoms with van der Waals surface area (Å²) in [5.41, 5.74) is 0. The number of hydrogen-bond acceptors (Lipinski definition) is 3. The number of likely N-dealkylation sites (tertiary alicyclic amines) is 1. The van der Waals surface area contributed by atoms with Gasteiger partial charge in [-0.15, -0.1) is 0 Å². The van der Waals surface area contributed by atoms with Crippen LogP contribution in [0.3, 0.4) is 0 Å². The summed E-state index contributed by atoms with van der Waals surface area (Å²) in [5, 5.41) is 3.07. The Kier molecular flexibility index (Phi) is 6.88. The molecule has 1 aliphatic rings. The highest BCUT2D eigenvalue weighted by Crippen LogP contribution is 2.12. The van der Waals surface area contributed by atoms with Gasteiger partial charge in [0, 0.05) is 13.1 Å². The lowest BCUT2D eigenvalue weighted by Gasteiger charge is -2.16. The lowest BCUT2D eigenvalue weighted by molar-refractivity contribution is -0.129. The molecule has 1 atom stereocenters. The lowest BCUT2D eigenvalue weighted by Crippen LogP contribution is -2.36. The fourth-order valence-corrected chi connectivity index (χ4v) is 2.62. The summed E-state index contributed by atoms with van der Waals surface area (Å²) in [6.45, 7) is 1.89. The monoisotopic (exact) mass is 244 g/mol. The van der Waals surface area contributed by atoms with Crippen LogP contribution in [-0.4, -0.2) is 49.0 Å². The van der Waals surface area contributed by atoms with Gasteiger partial charge in [0.15, 0.2) is 0 Å². The van der Waals surface area contributed by atoms with Gasteiger partial charge in [0.1, 0.15) is 0 Å². The predicted molar refractivity (Wildman–Crippen MR) is 70.9 cm³/mol. The molecule has 1 N–H and O–H groups in total. The van der Waals surface area contributed by atoms with Crippen molar-refractivity contribution in [1.29, 1.82) is 0 Å². The van der Waals surface area contributed by atoms with Gasteiger partial charge in [0.25, 0.3) is 0 Å². The number of amides is 1. The highest BCUT2D eigenvalue weighted by molar-refractivity contribution is 7.98. The number of carbonyl (C=O) groups excluding carboxylic acids is 1. The van der Waals surface area contributed by atoms with Gasteiger partial charge in [0.2, 0.25) is 5.91 Å². The molecule has 0 aromatic heterocycles. The Hall–Kier alpha value is -0.220. The van der Waals surface area contributed by atoms with Crippen LogP contribution in [0.15, 0.2) is 0 Å². The second-order valence-electron chi connectivity index (χ2n) is 4.36. The van der Waals surface area contributed by atoms with E-state index in [9.17, 15) is 4.79 Å². The molecule has 3 nitrogen and oxygen atoms in total. The average molecular weight is 244 g/mol. The summed E-state index contributed by atoms with van der Waals surface area (Å²) in [4.78, 5) is 13.8. The Morgan fingerprint density at radius 3 is 2.75 bits per heavy atom. The molecule has 4 heteroatoms. The average Bonchev–Trinajstić information content (AvgIpc) is 2.65. The normalized spacial score (nSPS) is 20.8. The van der Waals surface area contributed by atoms with Crippen LogP contribution in [0.1, 0.15) is 32.1 Å². The first-order valence-electron chi connectivity index (χ1n) is 6.24. The molecule has 94 valence electrons. The molecule has 1 amide bonds. The lowest BCUT2D eigenvalue weighted by atomic mass is 10.2. The quantitative estimate of drug-likeness (QED) is 0.660. The van der Waals surface area contributed by atoms with Crippen LogP contribution >= 0.6 is 11.8 Å². The minimum atomic E-state index is 0.0801. The van der Waals surface area contributed by atoms with Crippen molar-refractivity contribution in [3.05, 3.63) is 0 Å². The van der Waals surface area contributed by atoms with Crippen LogP contribution in [0.2, 0.25) is 0 Å². The number of carbonyl (C=O) groups is 1. The molecule has 0 aromatic carbocycles. The number of hydrogen-bond donors (Lipinski definition) is 1. The number of unbranched alkanes of at least 4 members (excludes halogenated alkanes) is 3. The van der Waals surface area contributed by atoms with Crippen LogP contribution in [0, 0.1) is 0 Å². The molecule has 1 unspecified atom stereocenters. The van der Waals surface area contributed by atoms with E-state index in [2.05, 4.69) is 11.6 Å². The van der Waals surface area contributed by atoms with Gasteiger partial charge >= 0.3 is 0 Å². The SMILES string of the molecule is CNC1CCN(CCCCCCSC)C1=O. The molecule has 1 heterocycles. The molecule has 0 aromatic rings. The Labute approximate surface area is 103 Å². The summed E-state index contributed by atoms with van der Waals surface area (Å²) in [6.07, 6.45) is 8.17. The highest BCUT2D eigenvalue weighted by atomic mass is 32.2. The molecule has 0 bridgehead atoms. The maximum atomic E-state index is 11.8. The van der Waals surface area contributed by atoms with Gasteiger partial charge in [-0.25, -0.2) is 0 Å². The van der Waals surface area contributed by atoms with E-state index in [-0.39, 0.29) is 6.04 Å². The Morgan fingerprint density at radius 2 is 2.12 bits per heavy atom. The summed E-state index contributed by atoms with van der Waals surface area (Å²) < 4.78 is 0. The third-order valence-corrected chi connectivity index (χ3v) is 3.87. The van der Waals surface area contributed by atoms with Crippen LogP contribution < -0.4 is 5.32 Å². The van der Waals surface area contributed by atoms with E-state index in [4.69, 9.17) is 0 Å². The van der Waals surface area contributed by atoms with E-state index >= 15 is 0 Å². The number of nitrogens with one attached hydrogen (secondary N) is 1. The minimum Gasteiger partial charge on any atom is -0.341 e. The Morgan fingerprint density at radius 1 is 1.38 bits per heavy atom. The van der Waals surface area contributed by atoms with E-state index in [1.807, 2.05) is 23.7 Å². The molecule has 1 saturated heterocycles. The Bertz CT molecular complexity index is 211. The van der Waals surface area contributed by atoms with Gasteiger partial charge in [0.05, 0.1) is 6.04 Å². The van der Waals surface area contributed by atoms with Crippen LogP contribution in [-0.2, 0) is 4.79 Å². The van der Waals surface area contributed by atoms with E-state index in [1.54, 1.807) is 0 Å². The number of rotatable bonds is 8. The van der Waals surface area contributed by atoms with Gasteiger partial charge in [-0.3, -0.25) is 4.79 Å². The zero-order valence-corrected chi connectivity index (χ0v) is 11.3. The van der Waals surface area contributed by atoms with Crippen molar-refractivity contribution < 1.29 is 4.79 Å². The molecule has 1 fully saturated rings. The highest BCUT2D eigenvalue weighted by Gasteiger charge is 2.29. The van der Waals surface area contributed by atoms with Crippen LogP contribution in [0.25, 0.3) is 0 Å². The molecule has 0 radical (unpaired) electrons. The summed E-state index contributed by atoms with van der Waals surface area (Å²) in [6, 6.07) is 0.0801. The summed E-state index contributed by atoms with van der Waals surface area (Å²) in [7, 11) is 1.87. The largest absolute Gasteiger partial charge is 0.341 e. The van der Waals surface area contributed by atoms with Gasteiger partial charge < -0.3 is 10.2 Å². The fourth-order valence-electron chi connectivity index (χ4n) is 2.13. The standard InChI is InChI=1S/C12H24N2OS/c1-13-11-7-9-14(12(11)15)8-5-3-4-6-10-16-2/h11,13H,3-10H2,1-2H3. The summed E-state index contributed by atoms with van der Waals surface area (Å²) >= 11 is 1.92. The predicted octanol–water partition coefficient (Wildman–Crippen LogP) is 1.73. The first kappa shape index (κ1) is 13.8. The van der Waals surface area contributed by atoms with Gasteiger partial charge in [-0.1, -0.05) is 12.8 Å². The maximum Gasteiger partial charge on any atom is 0.239 e. The topological polar surface area (TPSA) is 32.3 Å². The third kappa shape index (κ3) is 4.34. The van der Waals surface area contributed by atoms with E-state index in [0.717, 1.165) is 25.9 Å². The molecule has 1 rings (SSSR count). The smallest absolute Gasteiger partial charge is 0.239 e. The molecule has 0 spiro atoms. The van der Waals surface area contributed by atoms with Crippen molar-refractivity contribution in [3.63, 3.8) is 0 Å². The van der Waals surface area contributed by atoms with Gasteiger partial charge in [-0.05, 0) is 38.3 Å². The molecule has 16 heavy (non-hydrogen) atoms. The number of thioether (sulfide) groups is 1. The van der Waals surface area contributed by atoms with Crippen molar-refractivity contribution in [2.24, 2.45) is 0 Å². The third-order valence-electron chi connectivity index (χ3n) is 3.17. The van der Waals surface area contributed by atoms with E-state index in [1.165, 1.54) is 25.0 Å². The van der Waals surface area contributed by atoms with Crippen molar-refractivity contribution >= 4 is 17.7 Å². The summed E-state index contributed by atoms with van der Waals surface area (Å²) in [5.74, 6) is 1.57. The molecule has 0 saturated carbocycles.